The molecular formula is C128H147B2N5. The van der Waals surface area contributed by atoms with Crippen LogP contribution in [0, 0.1) is 0 Å². The number of hydrogen-bond acceptors (Lipinski definition) is 5. The Kier molecular flexibility index (Phi) is 23.6. The summed E-state index contributed by atoms with van der Waals surface area (Å²) in [5.41, 5.74) is 44.9. The van der Waals surface area contributed by atoms with Gasteiger partial charge in [-0.2, -0.15) is 0 Å². The zero-order chi connectivity index (χ0) is 97.3. The maximum atomic E-state index is 2.67. The summed E-state index contributed by atoms with van der Waals surface area (Å²) in [6.07, 6.45) is 0. The van der Waals surface area contributed by atoms with E-state index in [1.165, 1.54) is 184 Å². The Balaban J connectivity index is 0.000000191. The van der Waals surface area contributed by atoms with E-state index in [4.69, 9.17) is 0 Å². The van der Waals surface area contributed by atoms with Gasteiger partial charge in [-0.15, -0.1) is 0 Å². The molecule has 14 aromatic carbocycles. The first-order chi connectivity index (χ1) is 62.9. The molecule has 5 nitrogen and oxygen atoms in total. The molecule has 18 rings (SSSR count). The molecule has 7 heteroatoms. The number of rotatable bonds is 9. The summed E-state index contributed by atoms with van der Waals surface area (Å²) in [5.74, 6) is 0. The van der Waals surface area contributed by atoms with Crippen LogP contribution in [0.15, 0.2) is 291 Å². The third kappa shape index (κ3) is 18.4. The maximum absolute atomic E-state index is 2.67. The predicted octanol–water partition coefficient (Wildman–Crippen LogP) is 32.6. The van der Waals surface area contributed by atoms with Gasteiger partial charge in [0, 0.05) is 79.6 Å². The van der Waals surface area contributed by atoms with Gasteiger partial charge in [0.2, 0.25) is 0 Å². The fourth-order valence-corrected chi connectivity index (χ4v) is 20.2. The van der Waals surface area contributed by atoms with E-state index in [1.807, 2.05) is 0 Å². The molecule has 690 valence electrons. The third-order valence-electron chi connectivity index (χ3n) is 28.9. The first-order valence-corrected chi connectivity index (χ1v) is 49.7. The molecule has 0 amide bonds. The summed E-state index contributed by atoms with van der Waals surface area (Å²) >= 11 is 0. The molecule has 0 saturated carbocycles. The summed E-state index contributed by atoms with van der Waals surface area (Å²) in [4.78, 5) is 13.0. The Labute approximate surface area is 813 Å². The van der Waals surface area contributed by atoms with Crippen molar-refractivity contribution in [2.45, 2.75) is 288 Å². The number of hydrogen-bond donors (Lipinski definition) is 0. The molecule has 14 aromatic rings. The van der Waals surface area contributed by atoms with Crippen molar-refractivity contribution in [2.24, 2.45) is 0 Å². The fraction of sp³-hybridized carbons (Fsp3) is 0.344. The first kappa shape index (κ1) is 95.0. The van der Waals surface area contributed by atoms with E-state index in [-0.39, 0.29) is 73.0 Å². The Morgan fingerprint density at radius 3 is 0.644 bits per heavy atom. The summed E-state index contributed by atoms with van der Waals surface area (Å²) < 4.78 is 0. The van der Waals surface area contributed by atoms with Crippen LogP contribution < -0.4 is 57.3 Å². The smallest absolute Gasteiger partial charge is 0.252 e. The van der Waals surface area contributed by atoms with Crippen molar-refractivity contribution in [1.29, 1.82) is 0 Å². The lowest BCUT2D eigenvalue weighted by molar-refractivity contribution is 0.568. The third-order valence-corrected chi connectivity index (χ3v) is 28.9. The van der Waals surface area contributed by atoms with Crippen molar-refractivity contribution in [3.05, 3.63) is 352 Å². The van der Waals surface area contributed by atoms with Gasteiger partial charge in [-0.1, -0.05) is 398 Å². The number of anilines is 15. The fourth-order valence-electron chi connectivity index (χ4n) is 20.2. The van der Waals surface area contributed by atoms with Crippen LogP contribution in [0.2, 0.25) is 0 Å². The average molecular weight is 1780 g/mol. The minimum atomic E-state index is -0.110. The normalized spacial score (nSPS) is 14.0. The minimum absolute atomic E-state index is 0.0189. The number of benzene rings is 14. The van der Waals surface area contributed by atoms with Crippen LogP contribution in [0.3, 0.4) is 0 Å². The highest BCUT2D eigenvalue weighted by Crippen LogP contribution is 2.55. The second-order valence-corrected chi connectivity index (χ2v) is 50.7. The van der Waals surface area contributed by atoms with Crippen LogP contribution in [0.1, 0.15) is 290 Å². The Morgan fingerprint density at radius 2 is 0.385 bits per heavy atom. The van der Waals surface area contributed by atoms with Crippen LogP contribution >= 0.6 is 0 Å². The molecule has 4 aliphatic heterocycles. The van der Waals surface area contributed by atoms with Crippen molar-refractivity contribution in [3.63, 3.8) is 0 Å². The van der Waals surface area contributed by atoms with Crippen LogP contribution in [0.4, 0.5) is 85.3 Å². The number of para-hydroxylation sites is 2. The average Bonchev–Trinajstić information content (AvgIpc) is 0.693. The highest BCUT2D eigenvalue weighted by Gasteiger charge is 2.49. The molecule has 135 heavy (non-hydrogen) atoms. The largest absolute Gasteiger partial charge is 0.311 e. The monoisotopic (exact) mass is 1780 g/mol. The molecule has 0 aromatic heterocycles. The van der Waals surface area contributed by atoms with Gasteiger partial charge in [0.25, 0.3) is 13.4 Å². The van der Waals surface area contributed by atoms with Gasteiger partial charge in [0.1, 0.15) is 0 Å². The lowest BCUT2D eigenvalue weighted by Gasteiger charge is -2.46. The van der Waals surface area contributed by atoms with Crippen molar-refractivity contribution in [2.75, 3.05) is 24.5 Å². The predicted molar refractivity (Wildman–Crippen MR) is 592 cm³/mol. The Hall–Kier alpha value is -11.8. The van der Waals surface area contributed by atoms with Gasteiger partial charge >= 0.3 is 0 Å². The zero-order valence-corrected chi connectivity index (χ0v) is 87.6. The van der Waals surface area contributed by atoms with Gasteiger partial charge in [-0.25, -0.2) is 0 Å². The first-order valence-electron chi connectivity index (χ1n) is 49.7. The topological polar surface area (TPSA) is 16.2 Å². The van der Waals surface area contributed by atoms with Gasteiger partial charge in [-0.05, 0) is 297 Å². The van der Waals surface area contributed by atoms with Crippen molar-refractivity contribution in [1.82, 2.24) is 0 Å². The lowest BCUT2D eigenvalue weighted by atomic mass is 9.33. The summed E-state index contributed by atoms with van der Waals surface area (Å²) in [7, 11) is 0. The van der Waals surface area contributed by atoms with Crippen LogP contribution in [-0.2, 0) is 59.6 Å². The zero-order valence-electron chi connectivity index (χ0n) is 87.6. The SMILES string of the molecule is CC(C)(C)c1cc(N2c3cc(C(C)(C)C)ccc3B3c4ccc(C(C)(C)C)cc4N(c4cc(C(C)(C)C)cc(C(C)(C)C)c4)c4cc(C(C)(C)C)cc2c43)cc(C(C)(C)C)c1.CC(C)(C)c1cc(N2c3ccc(-c4ccccc4)cc3B3c4cc(-c5ccccc5)ccc4N(c4cc(C(C)(C)C)cc(C(C)(C)C)c4)c4cc(N(c5ccccc5)c5ccccc5)cc2c43)cc(C(C)(C)C)c1. The summed E-state index contributed by atoms with van der Waals surface area (Å²) in [6.45, 7) is 77.7. The van der Waals surface area contributed by atoms with E-state index in [0.717, 1.165) is 17.1 Å². The lowest BCUT2D eigenvalue weighted by Crippen LogP contribution is -2.61. The number of nitrogens with zero attached hydrogens (tertiary/aromatic N) is 5. The second-order valence-electron chi connectivity index (χ2n) is 50.7. The Morgan fingerprint density at radius 1 is 0.163 bits per heavy atom. The van der Waals surface area contributed by atoms with E-state index in [9.17, 15) is 0 Å². The minimum Gasteiger partial charge on any atom is -0.311 e. The van der Waals surface area contributed by atoms with Gasteiger partial charge in [0.15, 0.2) is 0 Å². The van der Waals surface area contributed by atoms with Gasteiger partial charge in [0.05, 0.1) is 5.69 Å². The molecule has 0 radical (unpaired) electrons. The standard InChI is InChI=1S/C70H70BN3.C58H77BN2/c1-67(2,3)51-39-52(68(4,5)6)42-57(41-51)73-62-35-33-49(47-25-17-13-18-26-47)37-60(62)71-61-38-50(48-27-19-14-20-28-48)34-36-63(61)74(58-43-53(69(7,8)9)40-54(44-58)70(10,11)12)65-46-59(45-64(73)66(65)71)72(55-29-21-15-22-30-55)56-31-23-16-24-32-56;1-52(2,3)36-22-24-45-47(32-36)60(43-28-38(54(7,8)9)26-39(29-43)55(10,11)12)49-34-42(58(19,20)21)35-50-51(49)59(45)46-25-23-37(53(4,5)6)33-48(46)61(50)44-30-40(56(13,14)15)27-41(31-44)57(16,17)18/h13-46H,1-12H3;22-35H,1-21H3. The van der Waals surface area contributed by atoms with Crippen LogP contribution in [-0.4, -0.2) is 13.4 Å². The molecule has 0 saturated heterocycles. The van der Waals surface area contributed by atoms with Crippen LogP contribution in [0.25, 0.3) is 22.3 Å². The molecule has 0 fully saturated rings. The molecule has 4 heterocycles. The summed E-state index contributed by atoms with van der Waals surface area (Å²) in [5, 5.41) is 0. The number of fused-ring (bicyclic) bond motifs is 8. The molecule has 0 atom stereocenters. The van der Waals surface area contributed by atoms with Gasteiger partial charge < -0.3 is 24.5 Å². The molecule has 0 unspecified atom stereocenters. The molecule has 0 N–H and O–H groups in total. The van der Waals surface area contributed by atoms with E-state index in [0.29, 0.717) is 0 Å². The van der Waals surface area contributed by atoms with Crippen LogP contribution in [0.5, 0.6) is 0 Å². The van der Waals surface area contributed by atoms with E-state index < -0.39 is 0 Å². The van der Waals surface area contributed by atoms with Crippen molar-refractivity contribution >= 4 is 132 Å². The molecule has 4 aliphatic rings. The quantitative estimate of drug-likeness (QED) is 0.134. The molecule has 0 spiro atoms. The highest BCUT2D eigenvalue weighted by molar-refractivity contribution is 7.01. The highest BCUT2D eigenvalue weighted by atomic mass is 15.2. The Bertz CT molecular complexity index is 6350. The molecule has 0 bridgehead atoms. The second kappa shape index (κ2) is 33.6. The summed E-state index contributed by atoms with van der Waals surface area (Å²) in [6, 6.07) is 113. The van der Waals surface area contributed by atoms with Crippen molar-refractivity contribution < 1.29 is 0 Å². The van der Waals surface area contributed by atoms with Crippen molar-refractivity contribution in [3.8, 4) is 22.3 Å². The van der Waals surface area contributed by atoms with E-state index >= 15 is 0 Å². The van der Waals surface area contributed by atoms with E-state index in [2.05, 4.69) is 544 Å². The van der Waals surface area contributed by atoms with Gasteiger partial charge in [-0.3, -0.25) is 0 Å². The maximum Gasteiger partial charge on any atom is 0.252 e. The molecular weight excluding hydrogens is 1630 g/mol. The molecule has 0 aliphatic carbocycles. The van der Waals surface area contributed by atoms with E-state index in [1.54, 1.807) is 0 Å².